The number of hydrogen-bond acceptors (Lipinski definition) is 5. The van der Waals surface area contributed by atoms with Gasteiger partial charge in [-0.25, -0.2) is 4.98 Å². The fraction of sp³-hybridized carbons (Fsp3) is 0.400. The monoisotopic (exact) mass is 304 g/mol. The Morgan fingerprint density at radius 3 is 2.95 bits per heavy atom. The number of likely N-dealkylation sites (tertiary alicyclic amines) is 1. The number of carbonyl (C=O) groups excluding carboxylic acids is 2. The second-order valence-corrected chi connectivity index (χ2v) is 6.24. The van der Waals surface area contributed by atoms with Gasteiger partial charge in [-0.1, -0.05) is 6.92 Å². The summed E-state index contributed by atoms with van der Waals surface area (Å²) in [5.74, 6) is -0.390. The second-order valence-electron chi connectivity index (χ2n) is 5.35. The molecular weight excluding hydrogens is 288 g/mol. The number of methoxy groups -OCH3 is 1. The average molecular weight is 304 g/mol. The number of esters is 1. The first-order valence-corrected chi connectivity index (χ1v) is 7.68. The number of carbonyl (C=O) groups is 2. The fourth-order valence-electron chi connectivity index (χ4n) is 2.76. The predicted molar refractivity (Wildman–Crippen MR) is 80.2 cm³/mol. The molecule has 0 saturated carbocycles. The summed E-state index contributed by atoms with van der Waals surface area (Å²) in [6.07, 6.45) is 0. The second kappa shape index (κ2) is 5.44. The van der Waals surface area contributed by atoms with E-state index in [-0.39, 0.29) is 23.7 Å². The smallest absolute Gasteiger partial charge is 0.310 e. The number of nitrogens with zero attached hydrogens (tertiary/aromatic N) is 2. The third kappa shape index (κ3) is 2.51. The summed E-state index contributed by atoms with van der Waals surface area (Å²) >= 11 is 1.52. The van der Waals surface area contributed by atoms with Crippen LogP contribution in [0.3, 0.4) is 0 Å². The molecule has 5 nitrogen and oxygen atoms in total. The minimum atomic E-state index is -0.240. The summed E-state index contributed by atoms with van der Waals surface area (Å²) in [5.41, 5.74) is 3.31. The SMILES string of the molecule is COC(=O)C1CN(C(=O)c2ccc3ncsc3c2)CC1C. The van der Waals surface area contributed by atoms with E-state index in [0.717, 1.165) is 10.2 Å². The summed E-state index contributed by atoms with van der Waals surface area (Å²) in [4.78, 5) is 30.2. The number of benzene rings is 1. The number of thiazole rings is 1. The van der Waals surface area contributed by atoms with Gasteiger partial charge in [-0.2, -0.15) is 0 Å². The Hall–Kier alpha value is -1.95. The minimum absolute atomic E-state index is 0.0384. The van der Waals surface area contributed by atoms with Gasteiger partial charge >= 0.3 is 5.97 Å². The van der Waals surface area contributed by atoms with Gasteiger partial charge in [0.1, 0.15) is 0 Å². The number of ether oxygens (including phenoxy) is 1. The molecule has 2 aromatic rings. The Morgan fingerprint density at radius 1 is 1.38 bits per heavy atom. The summed E-state index contributed by atoms with van der Waals surface area (Å²) in [6.45, 7) is 2.98. The van der Waals surface area contributed by atoms with Crippen molar-refractivity contribution in [3.63, 3.8) is 0 Å². The van der Waals surface area contributed by atoms with E-state index in [1.54, 1.807) is 16.5 Å². The number of hydrogen-bond donors (Lipinski definition) is 0. The van der Waals surface area contributed by atoms with Crippen LogP contribution in [0.2, 0.25) is 0 Å². The first-order valence-electron chi connectivity index (χ1n) is 6.80. The molecule has 3 rings (SSSR count). The van der Waals surface area contributed by atoms with Crippen LogP contribution in [-0.2, 0) is 9.53 Å². The van der Waals surface area contributed by atoms with Crippen LogP contribution in [0.1, 0.15) is 17.3 Å². The van der Waals surface area contributed by atoms with Gasteiger partial charge in [0.15, 0.2) is 0 Å². The zero-order chi connectivity index (χ0) is 15.0. The molecule has 1 aliphatic rings. The topological polar surface area (TPSA) is 59.5 Å². The van der Waals surface area contributed by atoms with Crippen molar-refractivity contribution in [2.75, 3.05) is 20.2 Å². The lowest BCUT2D eigenvalue weighted by Gasteiger charge is -2.16. The van der Waals surface area contributed by atoms with Crippen LogP contribution in [-0.4, -0.2) is 42.0 Å². The van der Waals surface area contributed by atoms with E-state index in [4.69, 9.17) is 4.74 Å². The van der Waals surface area contributed by atoms with Crippen molar-refractivity contribution in [2.24, 2.45) is 11.8 Å². The van der Waals surface area contributed by atoms with Crippen LogP contribution in [0.4, 0.5) is 0 Å². The van der Waals surface area contributed by atoms with Gasteiger partial charge in [-0.3, -0.25) is 9.59 Å². The highest BCUT2D eigenvalue weighted by Crippen LogP contribution is 2.27. The van der Waals surface area contributed by atoms with Gasteiger partial charge in [0.2, 0.25) is 0 Å². The van der Waals surface area contributed by atoms with Gasteiger partial charge in [-0.15, -0.1) is 11.3 Å². The molecule has 1 saturated heterocycles. The molecule has 2 atom stereocenters. The van der Waals surface area contributed by atoms with E-state index < -0.39 is 0 Å². The maximum atomic E-state index is 12.6. The molecule has 0 radical (unpaired) electrons. The summed E-state index contributed by atoms with van der Waals surface area (Å²) in [5, 5.41) is 0. The Labute approximate surface area is 126 Å². The Kier molecular flexibility index (Phi) is 3.63. The molecule has 0 N–H and O–H groups in total. The lowest BCUT2D eigenvalue weighted by Crippen LogP contribution is -2.30. The van der Waals surface area contributed by atoms with Crippen LogP contribution in [0, 0.1) is 11.8 Å². The highest BCUT2D eigenvalue weighted by atomic mass is 32.1. The molecule has 2 heterocycles. The molecule has 2 unspecified atom stereocenters. The van der Waals surface area contributed by atoms with E-state index in [0.29, 0.717) is 18.7 Å². The summed E-state index contributed by atoms with van der Waals surface area (Å²) in [7, 11) is 1.39. The molecule has 1 aromatic heterocycles. The predicted octanol–water partition coefficient (Wildman–Crippen LogP) is 2.18. The third-order valence-electron chi connectivity index (χ3n) is 3.98. The Balaban J connectivity index is 1.80. The van der Waals surface area contributed by atoms with Gasteiger partial charge < -0.3 is 9.64 Å². The maximum absolute atomic E-state index is 12.6. The van der Waals surface area contributed by atoms with Crippen molar-refractivity contribution in [2.45, 2.75) is 6.92 Å². The lowest BCUT2D eigenvalue weighted by molar-refractivity contribution is -0.146. The molecule has 0 bridgehead atoms. The first-order chi connectivity index (χ1) is 10.1. The normalized spacial score (nSPS) is 21.7. The van der Waals surface area contributed by atoms with Crippen molar-refractivity contribution in [3.8, 4) is 0 Å². The van der Waals surface area contributed by atoms with Crippen molar-refractivity contribution in [3.05, 3.63) is 29.3 Å². The molecule has 1 fully saturated rings. The standard InChI is InChI=1S/C15H16N2O3S/c1-9-6-17(7-11(9)15(19)20-2)14(18)10-3-4-12-13(5-10)21-8-16-12/h3-5,8-9,11H,6-7H2,1-2H3. The van der Waals surface area contributed by atoms with E-state index in [9.17, 15) is 9.59 Å². The van der Waals surface area contributed by atoms with Gasteiger partial charge in [-0.05, 0) is 24.1 Å². The van der Waals surface area contributed by atoms with E-state index in [2.05, 4.69) is 4.98 Å². The summed E-state index contributed by atoms with van der Waals surface area (Å²) in [6, 6.07) is 5.52. The van der Waals surface area contributed by atoms with Crippen molar-refractivity contribution in [1.82, 2.24) is 9.88 Å². The molecule has 0 spiro atoms. The minimum Gasteiger partial charge on any atom is -0.469 e. The zero-order valence-electron chi connectivity index (χ0n) is 11.9. The molecule has 21 heavy (non-hydrogen) atoms. The van der Waals surface area contributed by atoms with E-state index in [1.807, 2.05) is 19.1 Å². The molecular formula is C15H16N2O3S. The Morgan fingerprint density at radius 2 is 2.19 bits per heavy atom. The summed E-state index contributed by atoms with van der Waals surface area (Å²) < 4.78 is 5.80. The van der Waals surface area contributed by atoms with Crippen molar-refractivity contribution < 1.29 is 14.3 Å². The average Bonchev–Trinajstić information content (AvgIpc) is 3.11. The highest BCUT2D eigenvalue weighted by molar-refractivity contribution is 7.16. The van der Waals surface area contributed by atoms with Crippen LogP contribution < -0.4 is 0 Å². The van der Waals surface area contributed by atoms with E-state index >= 15 is 0 Å². The van der Waals surface area contributed by atoms with Crippen LogP contribution in [0.25, 0.3) is 10.2 Å². The van der Waals surface area contributed by atoms with Crippen LogP contribution in [0.5, 0.6) is 0 Å². The first kappa shape index (κ1) is 14.0. The maximum Gasteiger partial charge on any atom is 0.310 e. The number of fused-ring (bicyclic) bond motifs is 1. The third-order valence-corrected chi connectivity index (χ3v) is 4.77. The Bertz CT molecular complexity index is 697. The number of amides is 1. The van der Waals surface area contributed by atoms with Gasteiger partial charge in [0, 0.05) is 18.7 Å². The van der Waals surface area contributed by atoms with Crippen molar-refractivity contribution in [1.29, 1.82) is 0 Å². The quantitative estimate of drug-likeness (QED) is 0.798. The highest BCUT2D eigenvalue weighted by Gasteiger charge is 2.37. The molecule has 6 heteroatoms. The molecule has 1 aliphatic heterocycles. The number of rotatable bonds is 2. The van der Waals surface area contributed by atoms with Gasteiger partial charge in [0.25, 0.3) is 5.91 Å². The molecule has 0 aliphatic carbocycles. The molecule has 1 amide bonds. The fourth-order valence-corrected chi connectivity index (χ4v) is 3.48. The largest absolute Gasteiger partial charge is 0.469 e. The zero-order valence-corrected chi connectivity index (χ0v) is 12.7. The molecule has 110 valence electrons. The van der Waals surface area contributed by atoms with Gasteiger partial charge in [0.05, 0.1) is 28.8 Å². The van der Waals surface area contributed by atoms with Crippen LogP contribution in [0.15, 0.2) is 23.7 Å². The van der Waals surface area contributed by atoms with Crippen molar-refractivity contribution >= 4 is 33.4 Å². The van der Waals surface area contributed by atoms with E-state index in [1.165, 1.54) is 18.4 Å². The lowest BCUT2D eigenvalue weighted by atomic mass is 9.99. The molecule has 1 aromatic carbocycles. The van der Waals surface area contributed by atoms with Crippen LogP contribution >= 0.6 is 11.3 Å². The number of aromatic nitrogens is 1.